The number of benzene rings is 1. The normalized spacial score (nSPS) is 26.6. The Labute approximate surface area is 105 Å². The second-order valence-electron chi connectivity index (χ2n) is 4.33. The third kappa shape index (κ3) is 2.81. The Kier molecular flexibility index (Phi) is 3.94. The number of rotatable bonds is 2. The minimum absolute atomic E-state index is 0.302. The van der Waals surface area contributed by atoms with E-state index in [-0.39, 0.29) is 0 Å². The molecule has 0 radical (unpaired) electrons. The van der Waals surface area contributed by atoms with Crippen molar-refractivity contribution in [3.8, 4) is 0 Å². The van der Waals surface area contributed by atoms with Gasteiger partial charge >= 0.3 is 105 Å². The van der Waals surface area contributed by atoms with Crippen LogP contribution in [0.1, 0.15) is 19.4 Å². The summed E-state index contributed by atoms with van der Waals surface area (Å²) in [4.78, 5) is 2.37. The number of hydrogen-bond acceptors (Lipinski definition) is 2. The molecule has 16 heavy (non-hydrogen) atoms. The van der Waals surface area contributed by atoms with Crippen LogP contribution in [0, 0.1) is 0 Å². The van der Waals surface area contributed by atoms with Gasteiger partial charge in [0.2, 0.25) is 0 Å². The average Bonchev–Trinajstić information content (AvgIpc) is 2.28. The molecule has 1 heterocycles. The van der Waals surface area contributed by atoms with Gasteiger partial charge in [-0.3, -0.25) is 0 Å². The first kappa shape index (κ1) is 12.0. The fourth-order valence-electron chi connectivity index (χ4n) is 2.11. The van der Waals surface area contributed by atoms with Crippen molar-refractivity contribution in [3.63, 3.8) is 0 Å². The first-order chi connectivity index (χ1) is 7.66. The fraction of sp³-hybridized carbons (Fsp3) is 0.462. The Bertz CT molecular complexity index is 355. The molecule has 0 aromatic heterocycles. The first-order valence-corrected chi connectivity index (χ1v) is 6.30. The van der Waals surface area contributed by atoms with E-state index in [0.717, 1.165) is 13.1 Å². The van der Waals surface area contributed by atoms with Gasteiger partial charge in [-0.05, 0) is 0 Å². The van der Waals surface area contributed by atoms with Crippen LogP contribution in [-0.4, -0.2) is 34.7 Å². The predicted molar refractivity (Wildman–Crippen MR) is 62.1 cm³/mol. The number of nitrogens with zero attached hydrogens (tertiary/aromatic N) is 1. The predicted octanol–water partition coefficient (Wildman–Crippen LogP) is 1.82. The van der Waals surface area contributed by atoms with Crippen molar-refractivity contribution < 1.29 is 20.6 Å². The van der Waals surface area contributed by atoms with Crippen molar-refractivity contribution in [3.05, 3.63) is 35.9 Å². The van der Waals surface area contributed by atoms with E-state index < -0.39 is 0 Å². The summed E-state index contributed by atoms with van der Waals surface area (Å²) in [5.74, 6) is 0. The molecule has 0 saturated carbocycles. The molecule has 1 aliphatic heterocycles. The van der Waals surface area contributed by atoms with Crippen molar-refractivity contribution in [2.75, 3.05) is 13.1 Å². The Morgan fingerprint density at radius 2 is 1.75 bits per heavy atom. The quantitative estimate of drug-likeness (QED) is 0.799. The Hall–Kier alpha value is -0.458. The van der Waals surface area contributed by atoms with Crippen LogP contribution in [0.25, 0.3) is 0 Å². The number of hydrogen-bond donors (Lipinski definition) is 0. The first-order valence-electron chi connectivity index (χ1n) is 5.66. The number of ether oxygens (including phenoxy) is 1. The van der Waals surface area contributed by atoms with Crippen LogP contribution in [0.4, 0.5) is 0 Å². The van der Waals surface area contributed by atoms with Crippen LogP contribution >= 0.6 is 0 Å². The van der Waals surface area contributed by atoms with Crippen LogP contribution < -0.4 is 0 Å². The van der Waals surface area contributed by atoms with E-state index in [2.05, 4.69) is 58.9 Å². The second-order valence-corrected chi connectivity index (χ2v) is 4.94. The Morgan fingerprint density at radius 3 is 2.31 bits per heavy atom. The molecule has 0 unspecified atom stereocenters. The van der Waals surface area contributed by atoms with Gasteiger partial charge in [0, 0.05) is 0 Å². The van der Waals surface area contributed by atoms with E-state index >= 15 is 0 Å². The van der Waals surface area contributed by atoms with Crippen LogP contribution in [-0.2, 0) is 20.6 Å². The van der Waals surface area contributed by atoms with Crippen molar-refractivity contribution in [2.45, 2.75) is 26.1 Å². The van der Waals surface area contributed by atoms with Crippen LogP contribution in [0.15, 0.2) is 30.3 Å². The topological polar surface area (TPSA) is 12.5 Å². The molecule has 3 heteroatoms. The van der Waals surface area contributed by atoms with Crippen LogP contribution in [0.5, 0.6) is 0 Å². The molecule has 1 aliphatic rings. The fourth-order valence-corrected chi connectivity index (χ4v) is 2.55. The third-order valence-corrected chi connectivity index (χ3v) is 3.50. The minimum atomic E-state index is 0.302. The summed E-state index contributed by atoms with van der Waals surface area (Å²) in [5, 5.41) is 0. The molecular weight excluding hydrogens is 238 g/mol. The molecule has 86 valence electrons. The average molecular weight is 255 g/mol. The Morgan fingerprint density at radius 1 is 1.19 bits per heavy atom. The van der Waals surface area contributed by atoms with E-state index in [1.54, 1.807) is 0 Å². The van der Waals surface area contributed by atoms with Crippen LogP contribution in [0.2, 0.25) is 0 Å². The molecule has 0 spiro atoms. The zero-order valence-corrected chi connectivity index (χ0v) is 11.0. The molecule has 1 fully saturated rings. The van der Waals surface area contributed by atoms with Gasteiger partial charge in [-0.25, -0.2) is 0 Å². The van der Waals surface area contributed by atoms with Gasteiger partial charge in [0.05, 0.1) is 0 Å². The van der Waals surface area contributed by atoms with Crippen molar-refractivity contribution in [1.82, 2.24) is 4.90 Å². The van der Waals surface area contributed by atoms with E-state index in [1.807, 2.05) is 6.07 Å². The van der Waals surface area contributed by atoms with Crippen molar-refractivity contribution >= 4 is 4.50 Å². The molecule has 2 rings (SSSR count). The molecule has 1 aromatic rings. The molecular formula is C13H17CrNO. The summed E-state index contributed by atoms with van der Waals surface area (Å²) in [7, 11) is 0. The van der Waals surface area contributed by atoms with E-state index in [1.165, 1.54) is 10.1 Å². The van der Waals surface area contributed by atoms with Gasteiger partial charge < -0.3 is 0 Å². The maximum absolute atomic E-state index is 5.73. The van der Waals surface area contributed by atoms with E-state index in [0.29, 0.717) is 12.2 Å². The van der Waals surface area contributed by atoms with Gasteiger partial charge in [0.1, 0.15) is 0 Å². The van der Waals surface area contributed by atoms with Crippen molar-refractivity contribution in [1.29, 1.82) is 0 Å². The standard InChI is InChI=1S/C13H17NO.Cr/c1-11-8-14(9-12(2)15-11)10-13-6-4-3-5-7-13;/h3-7,11-12H,8-9H2,1-2H3;/t11-,12+;. The number of morpholine rings is 1. The van der Waals surface area contributed by atoms with Gasteiger partial charge in [0.25, 0.3) is 0 Å². The maximum atomic E-state index is 5.73. The van der Waals surface area contributed by atoms with Gasteiger partial charge in [-0.15, -0.1) is 0 Å². The molecule has 2 atom stereocenters. The van der Waals surface area contributed by atoms with Gasteiger partial charge in [-0.2, -0.15) is 0 Å². The molecule has 1 saturated heterocycles. The third-order valence-electron chi connectivity index (χ3n) is 2.73. The summed E-state index contributed by atoms with van der Waals surface area (Å²) in [6.45, 7) is 6.17. The monoisotopic (exact) mass is 255 g/mol. The molecule has 2 nitrogen and oxygen atoms in total. The summed E-state index contributed by atoms with van der Waals surface area (Å²) in [5.41, 5.74) is 1.25. The molecule has 0 aliphatic carbocycles. The second kappa shape index (κ2) is 5.25. The summed E-state index contributed by atoms with van der Waals surface area (Å²) >= 11 is 3.19. The molecule has 0 bridgehead atoms. The van der Waals surface area contributed by atoms with Gasteiger partial charge in [-0.1, -0.05) is 0 Å². The zero-order chi connectivity index (χ0) is 11.5. The molecule has 0 N–H and O–H groups in total. The Balaban J connectivity index is 2.10. The summed E-state index contributed by atoms with van der Waals surface area (Å²) in [6, 6.07) is 10.5. The van der Waals surface area contributed by atoms with E-state index in [9.17, 15) is 0 Å². The molecule has 0 amide bonds. The van der Waals surface area contributed by atoms with Crippen LogP contribution in [0.3, 0.4) is 0 Å². The van der Waals surface area contributed by atoms with Crippen molar-refractivity contribution in [2.24, 2.45) is 0 Å². The SMILES string of the molecule is C[C@@H]1CN([C](=[Cr])c2ccccc2)C[C@H](C)O1. The zero-order valence-electron chi connectivity index (χ0n) is 9.72. The molecule has 1 aromatic carbocycles. The van der Waals surface area contributed by atoms with Gasteiger partial charge in [0.15, 0.2) is 0 Å². The van der Waals surface area contributed by atoms with E-state index in [4.69, 9.17) is 4.74 Å². The summed E-state index contributed by atoms with van der Waals surface area (Å²) in [6.07, 6.45) is 0.603. The summed E-state index contributed by atoms with van der Waals surface area (Å²) < 4.78 is 6.96.